The maximum atomic E-state index is 13.8. The number of nitrogens with one attached hydrogen (secondary N) is 1. The molecule has 0 bridgehead atoms. The van der Waals surface area contributed by atoms with Gasteiger partial charge in [-0.15, -0.1) is 0 Å². The summed E-state index contributed by atoms with van der Waals surface area (Å²) in [5.74, 6) is -1.88. The summed E-state index contributed by atoms with van der Waals surface area (Å²) < 4.78 is 32.3. The van der Waals surface area contributed by atoms with Gasteiger partial charge in [0, 0.05) is 51.9 Å². The Labute approximate surface area is 151 Å². The van der Waals surface area contributed by atoms with Crippen molar-refractivity contribution in [1.29, 1.82) is 0 Å². The molecule has 3 rings (SSSR count). The zero-order valence-corrected chi connectivity index (χ0v) is 14.9. The van der Waals surface area contributed by atoms with Crippen molar-refractivity contribution in [1.82, 2.24) is 9.80 Å². The van der Waals surface area contributed by atoms with Crippen molar-refractivity contribution in [3.05, 3.63) is 29.8 Å². The molecule has 26 heavy (non-hydrogen) atoms. The number of benzene rings is 1. The van der Waals surface area contributed by atoms with Crippen LogP contribution in [0.1, 0.15) is 12.8 Å². The second-order valence-electron chi connectivity index (χ2n) is 7.19. The lowest BCUT2D eigenvalue weighted by Gasteiger charge is -2.37. The fourth-order valence-corrected chi connectivity index (χ4v) is 3.84. The van der Waals surface area contributed by atoms with Gasteiger partial charge in [0.05, 0.1) is 11.6 Å². The number of likely N-dealkylation sites (tertiary alicyclic amines) is 1. The number of rotatable bonds is 2. The van der Waals surface area contributed by atoms with Gasteiger partial charge in [-0.05, 0) is 25.0 Å². The lowest BCUT2D eigenvalue weighted by atomic mass is 9.71. The molecule has 2 aliphatic heterocycles. The topological polar surface area (TPSA) is 61.9 Å². The Morgan fingerprint density at radius 2 is 1.96 bits per heavy atom. The number of hydrogen-bond acceptors (Lipinski definition) is 3. The third-order valence-corrected chi connectivity index (χ3v) is 5.34. The molecular formula is C18H23F2N3O3. The zero-order valence-electron chi connectivity index (χ0n) is 14.9. The van der Waals surface area contributed by atoms with Crippen LogP contribution in [0.15, 0.2) is 18.2 Å². The van der Waals surface area contributed by atoms with Crippen LogP contribution in [-0.4, -0.2) is 62.1 Å². The average molecular weight is 367 g/mol. The minimum Gasteiger partial charge on any atom is -0.381 e. The van der Waals surface area contributed by atoms with Gasteiger partial charge >= 0.3 is 6.03 Å². The van der Waals surface area contributed by atoms with Gasteiger partial charge < -0.3 is 19.9 Å². The van der Waals surface area contributed by atoms with Crippen molar-refractivity contribution in [3.8, 4) is 0 Å². The summed E-state index contributed by atoms with van der Waals surface area (Å²) in [6.45, 7) is 1.79. The number of anilines is 1. The van der Waals surface area contributed by atoms with Crippen LogP contribution in [0.2, 0.25) is 0 Å². The number of carbonyl (C=O) groups excluding carboxylic acids is 2. The van der Waals surface area contributed by atoms with E-state index >= 15 is 0 Å². The lowest BCUT2D eigenvalue weighted by Crippen LogP contribution is -2.44. The van der Waals surface area contributed by atoms with Crippen LogP contribution >= 0.6 is 0 Å². The molecule has 2 saturated heterocycles. The monoisotopic (exact) mass is 367 g/mol. The smallest absolute Gasteiger partial charge is 0.321 e. The van der Waals surface area contributed by atoms with Gasteiger partial charge in [-0.25, -0.2) is 13.6 Å². The molecule has 8 heteroatoms. The molecule has 6 nitrogen and oxygen atoms in total. The molecule has 1 N–H and O–H groups in total. The van der Waals surface area contributed by atoms with Crippen LogP contribution in [0, 0.1) is 23.0 Å². The van der Waals surface area contributed by atoms with E-state index in [2.05, 4.69) is 5.32 Å². The fourth-order valence-electron chi connectivity index (χ4n) is 3.84. The highest BCUT2D eigenvalue weighted by Crippen LogP contribution is 2.45. The van der Waals surface area contributed by atoms with Gasteiger partial charge in [-0.3, -0.25) is 4.79 Å². The van der Waals surface area contributed by atoms with Gasteiger partial charge in [-0.2, -0.15) is 0 Å². The highest BCUT2D eigenvalue weighted by atomic mass is 19.1. The van der Waals surface area contributed by atoms with E-state index in [9.17, 15) is 18.4 Å². The summed E-state index contributed by atoms with van der Waals surface area (Å²) in [5.41, 5.74) is -0.405. The summed E-state index contributed by atoms with van der Waals surface area (Å²) >= 11 is 0. The second kappa shape index (κ2) is 7.19. The van der Waals surface area contributed by atoms with Crippen LogP contribution in [0.5, 0.6) is 0 Å². The van der Waals surface area contributed by atoms with Crippen LogP contribution in [0.3, 0.4) is 0 Å². The Kier molecular flexibility index (Phi) is 5.13. The summed E-state index contributed by atoms with van der Waals surface area (Å²) in [7, 11) is 3.40. The molecule has 3 amide bonds. The van der Waals surface area contributed by atoms with E-state index in [0.717, 1.165) is 12.1 Å². The zero-order chi connectivity index (χ0) is 18.9. The van der Waals surface area contributed by atoms with Crippen molar-refractivity contribution in [2.45, 2.75) is 12.8 Å². The number of halogens is 2. The number of ether oxygens (including phenoxy) is 1. The fraction of sp³-hybridized carbons (Fsp3) is 0.556. The van der Waals surface area contributed by atoms with E-state index in [1.807, 2.05) is 0 Å². The molecule has 1 aromatic carbocycles. The highest BCUT2D eigenvalue weighted by molar-refractivity contribution is 5.91. The summed E-state index contributed by atoms with van der Waals surface area (Å²) in [6, 6.07) is 2.50. The van der Waals surface area contributed by atoms with Crippen molar-refractivity contribution >= 4 is 17.6 Å². The molecule has 0 saturated carbocycles. The van der Waals surface area contributed by atoms with E-state index < -0.39 is 17.7 Å². The van der Waals surface area contributed by atoms with E-state index in [-0.39, 0.29) is 29.5 Å². The highest BCUT2D eigenvalue weighted by Gasteiger charge is 2.52. The first-order valence-corrected chi connectivity index (χ1v) is 8.62. The molecule has 1 spiro atoms. The van der Waals surface area contributed by atoms with Crippen molar-refractivity contribution in [2.75, 3.05) is 45.7 Å². The second-order valence-corrected chi connectivity index (χ2v) is 7.19. The van der Waals surface area contributed by atoms with Crippen molar-refractivity contribution < 1.29 is 23.1 Å². The average Bonchev–Trinajstić information content (AvgIpc) is 2.96. The first kappa shape index (κ1) is 18.6. The van der Waals surface area contributed by atoms with Crippen LogP contribution < -0.4 is 5.32 Å². The standard InChI is InChI=1S/C18H23F2N3O3/c1-22(2)16(24)13-10-23(11-18(13)5-7-26-8-6-18)17(25)21-15-4-3-12(19)9-14(15)20/h3-4,9,13H,5-8,10-11H2,1-2H3,(H,21,25). The lowest BCUT2D eigenvalue weighted by molar-refractivity contribution is -0.138. The Morgan fingerprint density at radius 3 is 2.58 bits per heavy atom. The third-order valence-electron chi connectivity index (χ3n) is 5.34. The molecule has 142 valence electrons. The molecule has 1 unspecified atom stereocenters. The minimum absolute atomic E-state index is 0.0184. The SMILES string of the molecule is CN(C)C(=O)C1CN(C(=O)Nc2ccc(F)cc2F)CC12CCOCC2. The minimum atomic E-state index is -0.834. The number of nitrogens with zero attached hydrogens (tertiary/aromatic N) is 2. The molecule has 2 aliphatic rings. The van der Waals surface area contributed by atoms with Gasteiger partial charge in [-0.1, -0.05) is 0 Å². The van der Waals surface area contributed by atoms with E-state index in [1.54, 1.807) is 23.9 Å². The number of amides is 3. The summed E-state index contributed by atoms with van der Waals surface area (Å²) in [4.78, 5) is 28.4. The first-order chi connectivity index (χ1) is 12.3. The number of carbonyl (C=O) groups is 2. The maximum absolute atomic E-state index is 13.8. The van der Waals surface area contributed by atoms with Crippen LogP contribution in [0.25, 0.3) is 0 Å². The van der Waals surface area contributed by atoms with E-state index in [0.29, 0.717) is 32.6 Å². The number of urea groups is 1. The molecule has 2 heterocycles. The molecule has 0 aliphatic carbocycles. The molecule has 0 aromatic heterocycles. The van der Waals surface area contributed by atoms with E-state index in [1.165, 1.54) is 6.07 Å². The summed E-state index contributed by atoms with van der Waals surface area (Å²) in [5, 5.41) is 2.48. The van der Waals surface area contributed by atoms with Gasteiger partial charge in [0.15, 0.2) is 0 Å². The Bertz CT molecular complexity index is 705. The molecular weight excluding hydrogens is 344 g/mol. The van der Waals surface area contributed by atoms with Crippen molar-refractivity contribution in [3.63, 3.8) is 0 Å². The van der Waals surface area contributed by atoms with Crippen LogP contribution in [-0.2, 0) is 9.53 Å². The van der Waals surface area contributed by atoms with Gasteiger partial charge in [0.25, 0.3) is 0 Å². The normalized spacial score (nSPS) is 21.7. The quantitative estimate of drug-likeness (QED) is 0.873. The number of hydrogen-bond donors (Lipinski definition) is 1. The molecule has 1 aromatic rings. The predicted octanol–water partition coefficient (Wildman–Crippen LogP) is 2.31. The summed E-state index contributed by atoms with van der Waals surface area (Å²) in [6.07, 6.45) is 1.40. The Balaban J connectivity index is 1.78. The van der Waals surface area contributed by atoms with E-state index in [4.69, 9.17) is 4.74 Å². The maximum Gasteiger partial charge on any atom is 0.321 e. The largest absolute Gasteiger partial charge is 0.381 e. The van der Waals surface area contributed by atoms with Gasteiger partial charge in [0.2, 0.25) is 5.91 Å². The first-order valence-electron chi connectivity index (χ1n) is 8.62. The third kappa shape index (κ3) is 3.51. The Hall–Kier alpha value is -2.22. The van der Waals surface area contributed by atoms with Gasteiger partial charge in [0.1, 0.15) is 11.6 Å². The van der Waals surface area contributed by atoms with Crippen LogP contribution in [0.4, 0.5) is 19.3 Å². The molecule has 0 radical (unpaired) electrons. The Morgan fingerprint density at radius 1 is 1.27 bits per heavy atom. The van der Waals surface area contributed by atoms with Crippen molar-refractivity contribution in [2.24, 2.45) is 11.3 Å². The molecule has 2 fully saturated rings. The molecule has 1 atom stereocenters. The predicted molar refractivity (Wildman–Crippen MR) is 91.6 cm³/mol.